The van der Waals surface area contributed by atoms with Crippen LogP contribution in [-0.4, -0.2) is 17.3 Å². The van der Waals surface area contributed by atoms with Crippen LogP contribution in [0.5, 0.6) is 17.2 Å². The molecular formula is C21H20O5. The average Bonchev–Trinajstić information content (AvgIpc) is 2.61. The van der Waals surface area contributed by atoms with Gasteiger partial charge in [-0.3, -0.25) is 4.79 Å². The number of hydrogen-bond donors (Lipinski definition) is 2. The molecule has 1 aromatic heterocycles. The molecule has 2 aromatic carbocycles. The van der Waals surface area contributed by atoms with E-state index in [1.165, 1.54) is 25.5 Å². The van der Waals surface area contributed by atoms with E-state index in [1.807, 2.05) is 19.9 Å². The summed E-state index contributed by atoms with van der Waals surface area (Å²) < 4.78 is 10.9. The topological polar surface area (TPSA) is 79.9 Å². The van der Waals surface area contributed by atoms with Gasteiger partial charge >= 0.3 is 0 Å². The molecule has 0 radical (unpaired) electrons. The van der Waals surface area contributed by atoms with Crippen LogP contribution in [0.2, 0.25) is 0 Å². The van der Waals surface area contributed by atoms with Crippen molar-refractivity contribution in [2.75, 3.05) is 7.11 Å². The predicted molar refractivity (Wildman–Crippen MR) is 101 cm³/mol. The molecule has 5 nitrogen and oxygen atoms in total. The highest BCUT2D eigenvalue weighted by molar-refractivity contribution is 5.89. The largest absolute Gasteiger partial charge is 0.508 e. The molecular weight excluding hydrogens is 332 g/mol. The zero-order valence-electron chi connectivity index (χ0n) is 14.9. The summed E-state index contributed by atoms with van der Waals surface area (Å²) in [7, 11) is 1.51. The van der Waals surface area contributed by atoms with Crippen molar-refractivity contribution in [2.45, 2.75) is 20.3 Å². The summed E-state index contributed by atoms with van der Waals surface area (Å²) >= 11 is 0. The summed E-state index contributed by atoms with van der Waals surface area (Å²) in [4.78, 5) is 13.0. The highest BCUT2D eigenvalue weighted by Crippen LogP contribution is 2.36. The minimum atomic E-state index is -0.337. The summed E-state index contributed by atoms with van der Waals surface area (Å²) in [5.41, 5.74) is 2.46. The molecule has 2 N–H and O–H groups in total. The van der Waals surface area contributed by atoms with E-state index in [9.17, 15) is 15.0 Å². The van der Waals surface area contributed by atoms with Gasteiger partial charge in [0, 0.05) is 11.6 Å². The Kier molecular flexibility index (Phi) is 4.71. The first-order chi connectivity index (χ1) is 12.4. The van der Waals surface area contributed by atoms with E-state index in [0.29, 0.717) is 28.9 Å². The van der Waals surface area contributed by atoms with E-state index >= 15 is 0 Å². The van der Waals surface area contributed by atoms with Crippen molar-refractivity contribution in [3.8, 4) is 28.4 Å². The van der Waals surface area contributed by atoms with Crippen LogP contribution in [-0.2, 0) is 6.42 Å². The second-order valence-corrected chi connectivity index (χ2v) is 6.29. The van der Waals surface area contributed by atoms with Crippen LogP contribution in [0.15, 0.2) is 57.5 Å². The third kappa shape index (κ3) is 3.16. The Morgan fingerprint density at radius 1 is 1.19 bits per heavy atom. The number of fused-ring (bicyclic) bond motifs is 1. The number of rotatable bonds is 4. The van der Waals surface area contributed by atoms with Crippen molar-refractivity contribution >= 4 is 11.0 Å². The van der Waals surface area contributed by atoms with Gasteiger partial charge in [0.2, 0.25) is 5.43 Å². The number of phenols is 2. The van der Waals surface area contributed by atoms with Crippen LogP contribution in [0.25, 0.3) is 22.1 Å². The molecule has 0 fully saturated rings. The molecule has 26 heavy (non-hydrogen) atoms. The van der Waals surface area contributed by atoms with Gasteiger partial charge < -0.3 is 19.4 Å². The summed E-state index contributed by atoms with van der Waals surface area (Å²) in [5, 5.41) is 20.3. The van der Waals surface area contributed by atoms with Gasteiger partial charge in [0.25, 0.3) is 0 Å². The molecule has 5 heteroatoms. The highest BCUT2D eigenvalue weighted by Gasteiger charge is 2.19. The molecule has 1 heterocycles. The van der Waals surface area contributed by atoms with Gasteiger partial charge in [0.15, 0.2) is 0 Å². The Labute approximate surface area is 150 Å². The third-order valence-electron chi connectivity index (χ3n) is 4.22. The number of benzene rings is 2. The molecule has 0 unspecified atom stereocenters. The SMILES string of the molecule is COc1cc2occ(-c3ccc(O)cc3)c(=O)c2c(O)c1CC=C(C)C. The molecule has 0 aliphatic carbocycles. The summed E-state index contributed by atoms with van der Waals surface area (Å²) in [6, 6.07) is 7.85. The average molecular weight is 352 g/mol. The third-order valence-corrected chi connectivity index (χ3v) is 4.22. The zero-order valence-corrected chi connectivity index (χ0v) is 14.9. The number of aromatic hydroxyl groups is 2. The first-order valence-electron chi connectivity index (χ1n) is 8.19. The van der Waals surface area contributed by atoms with Crippen molar-refractivity contribution < 1.29 is 19.4 Å². The van der Waals surface area contributed by atoms with E-state index in [4.69, 9.17) is 9.15 Å². The van der Waals surface area contributed by atoms with Crippen LogP contribution in [0.1, 0.15) is 19.4 Å². The molecule has 0 amide bonds. The number of phenolic OH excluding ortho intramolecular Hbond substituents is 2. The maximum atomic E-state index is 13.0. The van der Waals surface area contributed by atoms with Crippen molar-refractivity contribution in [3.05, 3.63) is 64.0 Å². The quantitative estimate of drug-likeness (QED) is 0.681. The maximum Gasteiger partial charge on any atom is 0.204 e. The lowest BCUT2D eigenvalue weighted by molar-refractivity contribution is 0.401. The Morgan fingerprint density at radius 2 is 1.88 bits per heavy atom. The Bertz CT molecular complexity index is 1040. The second kappa shape index (κ2) is 6.96. The van der Waals surface area contributed by atoms with Crippen molar-refractivity contribution in [2.24, 2.45) is 0 Å². The van der Waals surface area contributed by atoms with Crippen LogP contribution in [0.4, 0.5) is 0 Å². The van der Waals surface area contributed by atoms with E-state index in [-0.39, 0.29) is 27.9 Å². The van der Waals surface area contributed by atoms with Gasteiger partial charge in [-0.2, -0.15) is 0 Å². The molecule has 0 atom stereocenters. The molecule has 0 saturated heterocycles. The monoisotopic (exact) mass is 352 g/mol. The minimum absolute atomic E-state index is 0.107. The Hall–Kier alpha value is -3.21. The lowest BCUT2D eigenvalue weighted by atomic mass is 10.0. The Balaban J connectivity index is 2.27. The summed E-state index contributed by atoms with van der Waals surface area (Å²) in [6.07, 6.45) is 3.75. The predicted octanol–water partition coefficient (Wildman–Crippen LogP) is 4.39. The fourth-order valence-corrected chi connectivity index (χ4v) is 2.81. The van der Waals surface area contributed by atoms with Crippen LogP contribution in [0, 0.1) is 0 Å². The molecule has 0 spiro atoms. The van der Waals surface area contributed by atoms with E-state index < -0.39 is 0 Å². The fraction of sp³-hybridized carbons (Fsp3) is 0.190. The van der Waals surface area contributed by atoms with Crippen molar-refractivity contribution in [3.63, 3.8) is 0 Å². The first kappa shape index (κ1) is 17.6. The molecule has 0 aliphatic heterocycles. The summed E-state index contributed by atoms with van der Waals surface area (Å²) in [5.74, 6) is 0.440. The molecule has 0 bridgehead atoms. The first-order valence-corrected chi connectivity index (χ1v) is 8.19. The van der Waals surface area contributed by atoms with Gasteiger partial charge in [-0.1, -0.05) is 23.8 Å². The summed E-state index contributed by atoms with van der Waals surface area (Å²) in [6.45, 7) is 3.92. The molecule has 0 aliphatic rings. The standard InChI is InChI=1S/C21H20O5/c1-12(2)4-9-15-17(25-3)10-18-19(20(15)23)21(24)16(11-26-18)13-5-7-14(22)8-6-13/h4-8,10-11,22-23H,9H2,1-3H3. The minimum Gasteiger partial charge on any atom is -0.508 e. The lowest BCUT2D eigenvalue weighted by Gasteiger charge is -2.12. The van der Waals surface area contributed by atoms with Crippen molar-refractivity contribution in [1.29, 1.82) is 0 Å². The number of allylic oxidation sites excluding steroid dienone is 2. The molecule has 134 valence electrons. The number of hydrogen-bond acceptors (Lipinski definition) is 5. The smallest absolute Gasteiger partial charge is 0.204 e. The number of methoxy groups -OCH3 is 1. The molecule has 3 rings (SSSR count). The van der Waals surface area contributed by atoms with Crippen LogP contribution >= 0.6 is 0 Å². The van der Waals surface area contributed by atoms with E-state index in [0.717, 1.165) is 5.57 Å². The van der Waals surface area contributed by atoms with Gasteiger partial charge in [-0.15, -0.1) is 0 Å². The van der Waals surface area contributed by atoms with Gasteiger partial charge in [-0.25, -0.2) is 0 Å². The van der Waals surface area contributed by atoms with Crippen LogP contribution < -0.4 is 10.2 Å². The number of ether oxygens (including phenoxy) is 1. The molecule has 0 saturated carbocycles. The lowest BCUT2D eigenvalue weighted by Crippen LogP contribution is -2.06. The fourth-order valence-electron chi connectivity index (χ4n) is 2.81. The van der Waals surface area contributed by atoms with Gasteiger partial charge in [0.1, 0.15) is 34.5 Å². The van der Waals surface area contributed by atoms with Gasteiger partial charge in [-0.05, 0) is 38.0 Å². The molecule has 3 aromatic rings. The van der Waals surface area contributed by atoms with Gasteiger partial charge in [0.05, 0.1) is 12.7 Å². The highest BCUT2D eigenvalue weighted by atomic mass is 16.5. The van der Waals surface area contributed by atoms with Crippen LogP contribution in [0.3, 0.4) is 0 Å². The Morgan fingerprint density at radius 3 is 2.50 bits per heavy atom. The normalized spacial score (nSPS) is 10.7. The van der Waals surface area contributed by atoms with E-state index in [2.05, 4.69) is 0 Å². The van der Waals surface area contributed by atoms with E-state index in [1.54, 1.807) is 18.2 Å². The zero-order chi connectivity index (χ0) is 18.8. The maximum absolute atomic E-state index is 13.0. The second-order valence-electron chi connectivity index (χ2n) is 6.29. The van der Waals surface area contributed by atoms with Crippen molar-refractivity contribution in [1.82, 2.24) is 0 Å².